The zero-order chi connectivity index (χ0) is 10.4. The molecule has 0 unspecified atom stereocenters. The number of ether oxygens (including phenoxy) is 1. The third kappa shape index (κ3) is 3.70. The van der Waals surface area contributed by atoms with Gasteiger partial charge in [0.05, 0.1) is 12.9 Å². The third-order valence-electron chi connectivity index (χ3n) is 1.63. The molecule has 76 valence electrons. The molecule has 1 aromatic carbocycles. The van der Waals surface area contributed by atoms with Crippen molar-refractivity contribution in [1.29, 1.82) is 0 Å². The number of aromatic hydroxyl groups is 1. The van der Waals surface area contributed by atoms with Crippen molar-refractivity contribution >= 4 is 17.7 Å². The van der Waals surface area contributed by atoms with Crippen LogP contribution in [-0.4, -0.2) is 23.9 Å². The zero-order valence-electron chi connectivity index (χ0n) is 7.90. The summed E-state index contributed by atoms with van der Waals surface area (Å²) in [5, 5.41) is 9.17. The Bertz CT molecular complexity index is 312. The van der Waals surface area contributed by atoms with E-state index in [4.69, 9.17) is 5.11 Å². The standard InChI is InChI=1S/C10H12O3S/c1-13-10(12)7-14-6-8-3-2-4-9(11)5-8/h2-5,11H,6-7H2,1H3. The summed E-state index contributed by atoms with van der Waals surface area (Å²) in [6, 6.07) is 6.99. The van der Waals surface area contributed by atoms with Gasteiger partial charge in [0.1, 0.15) is 5.75 Å². The minimum absolute atomic E-state index is 0.227. The minimum Gasteiger partial charge on any atom is -0.508 e. The van der Waals surface area contributed by atoms with Crippen molar-refractivity contribution in [3.05, 3.63) is 29.8 Å². The normalized spacial score (nSPS) is 9.79. The number of esters is 1. The van der Waals surface area contributed by atoms with Crippen LogP contribution in [0.4, 0.5) is 0 Å². The van der Waals surface area contributed by atoms with Gasteiger partial charge in [0, 0.05) is 5.75 Å². The molecular formula is C10H12O3S. The van der Waals surface area contributed by atoms with E-state index >= 15 is 0 Å². The molecule has 0 aromatic heterocycles. The van der Waals surface area contributed by atoms with Crippen molar-refractivity contribution in [1.82, 2.24) is 0 Å². The summed E-state index contributed by atoms with van der Waals surface area (Å²) in [5.41, 5.74) is 0.999. The number of benzene rings is 1. The third-order valence-corrected chi connectivity index (χ3v) is 2.60. The second-order valence-electron chi connectivity index (χ2n) is 2.74. The smallest absolute Gasteiger partial charge is 0.315 e. The summed E-state index contributed by atoms with van der Waals surface area (Å²) in [5.74, 6) is 1.06. The molecule has 0 saturated carbocycles. The maximum atomic E-state index is 10.8. The molecule has 0 radical (unpaired) electrons. The molecule has 4 heteroatoms. The summed E-state index contributed by atoms with van der Waals surface area (Å²) in [6.45, 7) is 0. The lowest BCUT2D eigenvalue weighted by atomic mass is 10.2. The van der Waals surface area contributed by atoms with Gasteiger partial charge in [0.2, 0.25) is 0 Å². The molecule has 14 heavy (non-hydrogen) atoms. The van der Waals surface area contributed by atoms with Crippen molar-refractivity contribution in [2.75, 3.05) is 12.9 Å². The van der Waals surface area contributed by atoms with Crippen LogP contribution in [0.3, 0.4) is 0 Å². The largest absolute Gasteiger partial charge is 0.508 e. The number of rotatable bonds is 4. The van der Waals surface area contributed by atoms with Crippen LogP contribution < -0.4 is 0 Å². The van der Waals surface area contributed by atoms with Gasteiger partial charge in [-0.3, -0.25) is 4.79 Å². The van der Waals surface area contributed by atoms with E-state index in [1.54, 1.807) is 18.2 Å². The summed E-state index contributed by atoms with van der Waals surface area (Å²) in [7, 11) is 1.37. The van der Waals surface area contributed by atoms with Gasteiger partial charge >= 0.3 is 5.97 Å². The molecule has 3 nitrogen and oxygen atoms in total. The summed E-state index contributed by atoms with van der Waals surface area (Å²) >= 11 is 1.46. The Kier molecular flexibility index (Phi) is 4.32. The van der Waals surface area contributed by atoms with Gasteiger partial charge in [-0.25, -0.2) is 0 Å². The van der Waals surface area contributed by atoms with Crippen LogP contribution in [0.1, 0.15) is 5.56 Å². The first-order chi connectivity index (χ1) is 6.72. The lowest BCUT2D eigenvalue weighted by molar-refractivity contribution is -0.137. The van der Waals surface area contributed by atoms with E-state index in [9.17, 15) is 4.79 Å². The van der Waals surface area contributed by atoms with Crippen molar-refractivity contribution in [3.63, 3.8) is 0 Å². The van der Waals surface area contributed by atoms with E-state index in [-0.39, 0.29) is 11.7 Å². The molecular weight excluding hydrogens is 200 g/mol. The number of thioether (sulfide) groups is 1. The van der Waals surface area contributed by atoms with Crippen LogP contribution in [0.15, 0.2) is 24.3 Å². The molecule has 0 heterocycles. The maximum absolute atomic E-state index is 10.8. The van der Waals surface area contributed by atoms with Gasteiger partial charge in [0.25, 0.3) is 0 Å². The van der Waals surface area contributed by atoms with E-state index in [0.717, 1.165) is 5.56 Å². The first-order valence-corrected chi connectivity index (χ1v) is 5.30. The predicted octanol–water partition coefficient (Wildman–Crippen LogP) is 1.80. The second-order valence-corrected chi connectivity index (χ2v) is 3.72. The second kappa shape index (κ2) is 5.54. The van der Waals surface area contributed by atoms with E-state index in [1.807, 2.05) is 6.07 Å². The average Bonchev–Trinajstić information content (AvgIpc) is 2.17. The minimum atomic E-state index is -0.227. The van der Waals surface area contributed by atoms with Gasteiger partial charge in [-0.1, -0.05) is 12.1 Å². The quantitative estimate of drug-likeness (QED) is 0.773. The molecule has 1 rings (SSSR count). The molecule has 0 aliphatic carbocycles. The molecule has 1 N–H and O–H groups in total. The number of carbonyl (C=O) groups excluding carboxylic acids is 1. The molecule has 0 saturated heterocycles. The first-order valence-electron chi connectivity index (χ1n) is 4.15. The lowest BCUT2D eigenvalue weighted by Gasteiger charge is -2.01. The van der Waals surface area contributed by atoms with E-state index in [2.05, 4.69) is 4.74 Å². The van der Waals surface area contributed by atoms with Crippen LogP contribution >= 0.6 is 11.8 Å². The Hall–Kier alpha value is -1.16. The van der Waals surface area contributed by atoms with Gasteiger partial charge in [0.15, 0.2) is 0 Å². The maximum Gasteiger partial charge on any atom is 0.315 e. The molecule has 0 aliphatic rings. The molecule has 0 fully saturated rings. The number of hydrogen-bond donors (Lipinski definition) is 1. The molecule has 1 aromatic rings. The Labute approximate surface area is 87.1 Å². The van der Waals surface area contributed by atoms with Gasteiger partial charge < -0.3 is 9.84 Å². The molecule has 0 atom stereocenters. The molecule has 0 aliphatic heterocycles. The summed E-state index contributed by atoms with van der Waals surface area (Å²) in [6.07, 6.45) is 0. The Balaban J connectivity index is 2.35. The number of phenolic OH excluding ortho intramolecular Hbond substituents is 1. The van der Waals surface area contributed by atoms with Crippen molar-refractivity contribution in [2.24, 2.45) is 0 Å². The van der Waals surface area contributed by atoms with Crippen LogP contribution in [0, 0.1) is 0 Å². The Morgan fingerprint density at radius 3 is 3.00 bits per heavy atom. The molecule has 0 spiro atoms. The highest BCUT2D eigenvalue weighted by atomic mass is 32.2. The highest BCUT2D eigenvalue weighted by Gasteiger charge is 2.00. The van der Waals surface area contributed by atoms with Gasteiger partial charge in [-0.05, 0) is 17.7 Å². The number of methoxy groups -OCH3 is 1. The van der Waals surface area contributed by atoms with Gasteiger partial charge in [-0.2, -0.15) is 0 Å². The van der Waals surface area contributed by atoms with Crippen LogP contribution in [-0.2, 0) is 15.3 Å². The Morgan fingerprint density at radius 1 is 1.57 bits per heavy atom. The number of phenols is 1. The molecule has 0 bridgehead atoms. The Morgan fingerprint density at radius 2 is 2.36 bits per heavy atom. The summed E-state index contributed by atoms with van der Waals surface area (Å²) in [4.78, 5) is 10.8. The fraction of sp³-hybridized carbons (Fsp3) is 0.300. The zero-order valence-corrected chi connectivity index (χ0v) is 8.71. The number of carbonyl (C=O) groups is 1. The highest BCUT2D eigenvalue weighted by Crippen LogP contribution is 2.16. The van der Waals surface area contributed by atoms with Crippen LogP contribution in [0.25, 0.3) is 0 Å². The van der Waals surface area contributed by atoms with Crippen LogP contribution in [0.2, 0.25) is 0 Å². The average molecular weight is 212 g/mol. The van der Waals surface area contributed by atoms with Crippen molar-refractivity contribution < 1.29 is 14.6 Å². The predicted molar refractivity (Wildman–Crippen MR) is 56.3 cm³/mol. The first kappa shape index (κ1) is 10.9. The van der Waals surface area contributed by atoms with E-state index in [1.165, 1.54) is 18.9 Å². The highest BCUT2D eigenvalue weighted by molar-refractivity contribution is 7.99. The molecule has 0 amide bonds. The fourth-order valence-corrected chi connectivity index (χ4v) is 1.76. The fourth-order valence-electron chi connectivity index (χ4n) is 0.957. The van der Waals surface area contributed by atoms with Crippen molar-refractivity contribution in [2.45, 2.75) is 5.75 Å². The topological polar surface area (TPSA) is 46.5 Å². The summed E-state index contributed by atoms with van der Waals surface area (Å²) < 4.78 is 4.50. The lowest BCUT2D eigenvalue weighted by Crippen LogP contribution is -2.03. The van der Waals surface area contributed by atoms with E-state index in [0.29, 0.717) is 11.5 Å². The van der Waals surface area contributed by atoms with Gasteiger partial charge in [-0.15, -0.1) is 11.8 Å². The monoisotopic (exact) mass is 212 g/mol. The number of hydrogen-bond acceptors (Lipinski definition) is 4. The van der Waals surface area contributed by atoms with Crippen molar-refractivity contribution in [3.8, 4) is 5.75 Å². The van der Waals surface area contributed by atoms with Crippen LogP contribution in [0.5, 0.6) is 5.75 Å². The van der Waals surface area contributed by atoms with E-state index < -0.39 is 0 Å². The SMILES string of the molecule is COC(=O)CSCc1cccc(O)c1.